The van der Waals surface area contributed by atoms with Gasteiger partial charge in [0, 0.05) is 12.3 Å². The van der Waals surface area contributed by atoms with Crippen LogP contribution in [0.15, 0.2) is 0 Å². The van der Waals surface area contributed by atoms with Gasteiger partial charge in [-0.25, -0.2) is 0 Å². The highest BCUT2D eigenvalue weighted by atomic mass is 19.4. The number of carbonyl (C=O) groups is 1. The number of carboxylic acids is 1. The van der Waals surface area contributed by atoms with Crippen LogP contribution in [0, 0.1) is 11.8 Å². The fourth-order valence-electron chi connectivity index (χ4n) is 6.06. The van der Waals surface area contributed by atoms with Gasteiger partial charge < -0.3 is 5.11 Å². The minimum Gasteiger partial charge on any atom is -0.481 e. The molecule has 0 radical (unpaired) electrons. The highest BCUT2D eigenvalue weighted by Crippen LogP contribution is 2.66. The molecule has 2 atom stereocenters. The van der Waals surface area contributed by atoms with Gasteiger partial charge in [-0.3, -0.25) is 4.79 Å². The molecule has 0 aliphatic carbocycles. The quantitative estimate of drug-likeness (QED) is 0.0577. The molecule has 0 saturated carbocycles. The number of alkyl halides is 19. The van der Waals surface area contributed by atoms with E-state index in [2.05, 4.69) is 0 Å². The maximum Gasteiger partial charge on any atom is 0.460 e. The van der Waals surface area contributed by atoms with Crippen LogP contribution in [-0.4, -0.2) is 64.6 Å². The first-order chi connectivity index (χ1) is 24.8. The summed E-state index contributed by atoms with van der Waals surface area (Å²) in [5, 5.41) is 8.63. The zero-order valence-corrected chi connectivity index (χ0v) is 30.3. The van der Waals surface area contributed by atoms with Crippen LogP contribution in [0.5, 0.6) is 0 Å². The Balaban J connectivity index is 6.25. The van der Waals surface area contributed by atoms with Gasteiger partial charge >= 0.3 is 59.5 Å². The van der Waals surface area contributed by atoms with Crippen LogP contribution in [-0.2, 0) is 4.79 Å². The molecular weight excluding hydrogens is 801 g/mol. The summed E-state index contributed by atoms with van der Waals surface area (Å²) in [6.07, 6.45) is 0.651. The molecule has 0 aliphatic heterocycles. The Labute approximate surface area is 307 Å². The molecule has 0 aliphatic rings. The number of hydrogen-bond acceptors (Lipinski definition) is 1. The second-order valence-electron chi connectivity index (χ2n) is 14.1. The molecule has 330 valence electrons. The lowest BCUT2D eigenvalue weighted by Gasteiger charge is -2.45. The summed E-state index contributed by atoms with van der Waals surface area (Å²) in [6.45, 7) is 2.14. The minimum atomic E-state index is -8.92. The van der Waals surface area contributed by atoms with Gasteiger partial charge in [-0.15, -0.1) is 0 Å². The van der Waals surface area contributed by atoms with Crippen molar-refractivity contribution in [2.24, 2.45) is 11.8 Å². The third kappa shape index (κ3) is 12.1. The van der Waals surface area contributed by atoms with Gasteiger partial charge in [0.15, 0.2) is 0 Å². The molecule has 1 N–H and O–H groups in total. The van der Waals surface area contributed by atoms with Gasteiger partial charge in [0.25, 0.3) is 0 Å². The Hall–Kier alpha value is -1.86. The van der Waals surface area contributed by atoms with E-state index in [0.29, 0.717) is 57.8 Å². The second-order valence-corrected chi connectivity index (χ2v) is 14.1. The molecule has 0 fully saturated rings. The number of halogens is 19. The van der Waals surface area contributed by atoms with Crippen molar-refractivity contribution >= 4 is 5.97 Å². The van der Waals surface area contributed by atoms with Crippen molar-refractivity contribution in [3.8, 4) is 0 Å². The largest absolute Gasteiger partial charge is 0.481 e. The molecular formula is C34H49F19O2. The third-order valence-corrected chi connectivity index (χ3v) is 9.81. The van der Waals surface area contributed by atoms with Crippen LogP contribution in [0.2, 0.25) is 0 Å². The van der Waals surface area contributed by atoms with E-state index in [0.717, 1.165) is 32.1 Å². The van der Waals surface area contributed by atoms with E-state index in [9.17, 15) is 79.4 Å². The molecule has 0 rings (SSSR count). The van der Waals surface area contributed by atoms with E-state index in [-0.39, 0.29) is 32.6 Å². The predicted octanol–water partition coefficient (Wildman–Crippen LogP) is 14.8. The normalized spacial score (nSPS) is 15.7. The van der Waals surface area contributed by atoms with Gasteiger partial charge in [0.1, 0.15) is 0 Å². The molecule has 0 saturated heterocycles. The van der Waals surface area contributed by atoms with Crippen molar-refractivity contribution in [2.45, 2.75) is 196 Å². The summed E-state index contributed by atoms with van der Waals surface area (Å²) >= 11 is 0. The van der Waals surface area contributed by atoms with Gasteiger partial charge in [0.2, 0.25) is 0 Å². The molecule has 0 bridgehead atoms. The fourth-order valence-corrected chi connectivity index (χ4v) is 6.06. The van der Waals surface area contributed by atoms with Crippen LogP contribution in [0.3, 0.4) is 0 Å². The van der Waals surface area contributed by atoms with Crippen molar-refractivity contribution in [3.63, 3.8) is 0 Å². The summed E-state index contributed by atoms with van der Waals surface area (Å²) < 4.78 is 265. The number of unbranched alkanes of at least 4 members (excludes halogenated alkanes) is 15. The van der Waals surface area contributed by atoms with Crippen molar-refractivity contribution < 1.29 is 93.3 Å². The zero-order valence-electron chi connectivity index (χ0n) is 30.3. The van der Waals surface area contributed by atoms with E-state index in [1.807, 2.05) is 6.92 Å². The van der Waals surface area contributed by atoms with E-state index < -0.39 is 84.2 Å². The van der Waals surface area contributed by atoms with Crippen LogP contribution in [0.4, 0.5) is 83.4 Å². The summed E-state index contributed by atoms with van der Waals surface area (Å²) in [5.41, 5.74) is 0. The fraction of sp³-hybridized carbons (Fsp3) is 0.971. The van der Waals surface area contributed by atoms with E-state index >= 15 is 8.78 Å². The molecule has 0 amide bonds. The molecule has 2 unspecified atom stereocenters. The Morgan fingerprint density at radius 3 is 1.00 bits per heavy atom. The van der Waals surface area contributed by atoms with Crippen molar-refractivity contribution in [2.75, 3.05) is 0 Å². The highest BCUT2D eigenvalue weighted by molar-refractivity contribution is 5.66. The standard InChI is InChI=1S/C34H49F19O2/c1-3-4-5-6-7-8-11-14-17-20-24(21-18-15-12-9-10-13-16-19-22-25(54)55)23(2)26(35,36)27(37,38)28(39,40)29(41,42)30(43,44)31(45,46)32(47,48)33(49,50)34(51,52)53/h23-24H,3-22H2,1-2H3,(H,54,55). The first-order valence-corrected chi connectivity index (χ1v) is 18.1. The number of carboxylic acid groups (broad SMARTS) is 1. The van der Waals surface area contributed by atoms with Crippen molar-refractivity contribution in [1.82, 2.24) is 0 Å². The van der Waals surface area contributed by atoms with E-state index in [4.69, 9.17) is 5.11 Å². The molecule has 0 heterocycles. The maximum atomic E-state index is 15.3. The Morgan fingerprint density at radius 1 is 0.418 bits per heavy atom. The zero-order chi connectivity index (χ0) is 43.4. The highest BCUT2D eigenvalue weighted by Gasteiger charge is 2.96. The smallest absolute Gasteiger partial charge is 0.460 e. The number of hydrogen-bond donors (Lipinski definition) is 1. The molecule has 0 aromatic carbocycles. The van der Waals surface area contributed by atoms with Gasteiger partial charge in [-0.2, -0.15) is 83.4 Å². The summed E-state index contributed by atoms with van der Waals surface area (Å²) in [7, 11) is 0. The topological polar surface area (TPSA) is 37.3 Å². The average molecular weight is 851 g/mol. The lowest BCUT2D eigenvalue weighted by Crippen LogP contribution is -2.76. The van der Waals surface area contributed by atoms with E-state index in [1.165, 1.54) is 0 Å². The minimum absolute atomic E-state index is 0.00130. The van der Waals surface area contributed by atoms with Crippen LogP contribution < -0.4 is 0 Å². The van der Waals surface area contributed by atoms with Gasteiger partial charge in [0.05, 0.1) is 0 Å². The Morgan fingerprint density at radius 2 is 0.691 bits per heavy atom. The molecule has 2 nitrogen and oxygen atoms in total. The molecule has 0 aromatic heterocycles. The van der Waals surface area contributed by atoms with Crippen LogP contribution >= 0.6 is 0 Å². The molecule has 21 heteroatoms. The number of aliphatic carboxylic acids is 1. The summed E-state index contributed by atoms with van der Waals surface area (Å²) in [6, 6.07) is 0. The van der Waals surface area contributed by atoms with Crippen molar-refractivity contribution in [3.05, 3.63) is 0 Å². The predicted molar refractivity (Wildman–Crippen MR) is 164 cm³/mol. The van der Waals surface area contributed by atoms with Crippen molar-refractivity contribution in [1.29, 1.82) is 0 Å². The molecule has 55 heavy (non-hydrogen) atoms. The number of rotatable bonds is 30. The lowest BCUT2D eigenvalue weighted by atomic mass is 9.76. The Kier molecular flexibility index (Phi) is 20.0. The summed E-state index contributed by atoms with van der Waals surface area (Å²) in [5.74, 6) is -72.2. The van der Waals surface area contributed by atoms with Gasteiger partial charge in [-0.05, 0) is 25.2 Å². The SMILES string of the molecule is CCCCCCCCCCCC(CCCCCCCCCCC(=O)O)C(C)C(F)(F)C(F)(F)C(F)(F)C(F)(F)C(F)(F)C(F)(F)C(F)(F)C(F)(F)C(F)(F)F. The second kappa shape index (κ2) is 20.7. The third-order valence-electron chi connectivity index (χ3n) is 9.81. The average Bonchev–Trinajstić information content (AvgIpc) is 3.05. The first-order valence-electron chi connectivity index (χ1n) is 18.1. The lowest BCUT2D eigenvalue weighted by molar-refractivity contribution is -0.470. The molecule has 0 aromatic rings. The van der Waals surface area contributed by atoms with Crippen LogP contribution in [0.1, 0.15) is 142 Å². The maximum absolute atomic E-state index is 15.3. The van der Waals surface area contributed by atoms with Gasteiger partial charge in [-0.1, -0.05) is 117 Å². The van der Waals surface area contributed by atoms with Crippen LogP contribution in [0.25, 0.3) is 0 Å². The van der Waals surface area contributed by atoms with E-state index in [1.54, 1.807) is 0 Å². The Bertz CT molecular complexity index is 1120. The molecule has 0 spiro atoms. The summed E-state index contributed by atoms with van der Waals surface area (Å²) in [4.78, 5) is 10.5. The monoisotopic (exact) mass is 850 g/mol. The first kappa shape index (κ1) is 53.1.